The van der Waals surface area contributed by atoms with Gasteiger partial charge in [-0.15, -0.1) is 0 Å². The van der Waals surface area contributed by atoms with Gasteiger partial charge in [0.05, 0.1) is 27.8 Å². The minimum atomic E-state index is -0.460. The smallest absolute Gasteiger partial charge is 0.336 e. The summed E-state index contributed by atoms with van der Waals surface area (Å²) in [5, 5.41) is 0.783. The van der Waals surface area contributed by atoms with Crippen molar-refractivity contribution in [3.63, 3.8) is 0 Å². The quantitative estimate of drug-likeness (QED) is 0.379. The number of fused-ring (bicyclic) bond motifs is 3. The molecule has 0 saturated carbocycles. The fraction of sp³-hybridized carbons (Fsp3) is 0.273. The van der Waals surface area contributed by atoms with E-state index in [0.29, 0.717) is 39.7 Å². The van der Waals surface area contributed by atoms with Crippen molar-refractivity contribution < 1.29 is 28.2 Å². The average Bonchev–Trinajstić information content (AvgIpc) is 2.71. The van der Waals surface area contributed by atoms with Crippen LogP contribution < -0.4 is 24.6 Å². The Kier molecular flexibility index (Phi) is 4.66. The zero-order chi connectivity index (χ0) is 20.7. The third-order valence-corrected chi connectivity index (χ3v) is 5.17. The molecule has 0 radical (unpaired) electrons. The Bertz CT molecular complexity index is 1180. The second-order valence-electron chi connectivity index (χ2n) is 6.78. The van der Waals surface area contributed by atoms with Crippen molar-refractivity contribution in [1.82, 2.24) is 0 Å². The lowest BCUT2D eigenvalue weighted by molar-refractivity contribution is -0.135. The molecule has 1 aromatic heterocycles. The molecule has 7 heteroatoms. The second kappa shape index (κ2) is 7.16. The van der Waals surface area contributed by atoms with Gasteiger partial charge in [0, 0.05) is 34.6 Å². The number of benzene rings is 2. The van der Waals surface area contributed by atoms with Gasteiger partial charge in [-0.25, -0.2) is 4.79 Å². The maximum absolute atomic E-state index is 12.3. The number of hydrogen-bond donors (Lipinski definition) is 0. The van der Waals surface area contributed by atoms with Gasteiger partial charge in [0.15, 0.2) is 11.5 Å². The standard InChI is InChI=1S/C22H20O7/c1-11-7-19(23)29-22-12(11)5-6-15-21(22)14(9-20(24)28-15)13-8-17(26-3)18(27-4)10-16(13)25-2/h5-8,10,14H,9H2,1-4H3/t14-/m0/s1. The molecule has 0 N–H and O–H groups in total. The highest BCUT2D eigenvalue weighted by molar-refractivity contribution is 5.90. The summed E-state index contributed by atoms with van der Waals surface area (Å²) >= 11 is 0. The van der Waals surface area contributed by atoms with Gasteiger partial charge in [-0.1, -0.05) is 0 Å². The van der Waals surface area contributed by atoms with E-state index >= 15 is 0 Å². The van der Waals surface area contributed by atoms with E-state index in [1.807, 2.05) is 6.92 Å². The van der Waals surface area contributed by atoms with Crippen LogP contribution in [0, 0.1) is 6.92 Å². The number of methoxy groups -OCH3 is 3. The van der Waals surface area contributed by atoms with E-state index in [1.54, 1.807) is 31.4 Å². The fourth-order valence-electron chi connectivity index (χ4n) is 3.83. The van der Waals surface area contributed by atoms with Gasteiger partial charge in [0.1, 0.15) is 17.1 Å². The van der Waals surface area contributed by atoms with E-state index in [2.05, 4.69) is 0 Å². The highest BCUT2D eigenvalue weighted by Crippen LogP contribution is 2.48. The fourth-order valence-corrected chi connectivity index (χ4v) is 3.83. The van der Waals surface area contributed by atoms with E-state index in [1.165, 1.54) is 20.3 Å². The van der Waals surface area contributed by atoms with Crippen LogP contribution in [0.2, 0.25) is 0 Å². The first kappa shape index (κ1) is 18.9. The number of hydrogen-bond acceptors (Lipinski definition) is 7. The molecule has 0 bridgehead atoms. The first-order valence-corrected chi connectivity index (χ1v) is 9.04. The van der Waals surface area contributed by atoms with Gasteiger partial charge < -0.3 is 23.4 Å². The summed E-state index contributed by atoms with van der Waals surface area (Å²) in [6.07, 6.45) is 0.0651. The Morgan fingerprint density at radius 2 is 1.62 bits per heavy atom. The molecule has 2 aromatic carbocycles. The summed E-state index contributed by atoms with van der Waals surface area (Å²) in [6, 6.07) is 8.43. The van der Waals surface area contributed by atoms with Crippen molar-refractivity contribution in [1.29, 1.82) is 0 Å². The normalized spacial score (nSPS) is 15.6. The maximum atomic E-state index is 12.3. The predicted octanol–water partition coefficient (Wildman–Crippen LogP) is 3.57. The van der Waals surface area contributed by atoms with Crippen molar-refractivity contribution in [3.05, 3.63) is 57.4 Å². The summed E-state index contributed by atoms with van der Waals surface area (Å²) in [5.41, 5.74) is 2.07. The number of esters is 1. The van der Waals surface area contributed by atoms with Crippen LogP contribution in [0.25, 0.3) is 11.0 Å². The Hall–Kier alpha value is -3.48. The molecular formula is C22H20O7. The molecule has 1 aliphatic heterocycles. The van der Waals surface area contributed by atoms with Crippen LogP contribution in [-0.2, 0) is 4.79 Å². The molecular weight excluding hydrogens is 376 g/mol. The molecule has 7 nitrogen and oxygen atoms in total. The van der Waals surface area contributed by atoms with Crippen molar-refractivity contribution in [2.24, 2.45) is 0 Å². The molecule has 3 aromatic rings. The van der Waals surface area contributed by atoms with E-state index in [-0.39, 0.29) is 12.4 Å². The summed E-state index contributed by atoms with van der Waals surface area (Å²) in [5.74, 6) is 1.07. The highest BCUT2D eigenvalue weighted by atomic mass is 16.5. The highest BCUT2D eigenvalue weighted by Gasteiger charge is 2.34. The molecule has 0 saturated heterocycles. The summed E-state index contributed by atoms with van der Waals surface area (Å²) in [4.78, 5) is 24.4. The Labute approximate surface area is 166 Å². The maximum Gasteiger partial charge on any atom is 0.336 e. The molecule has 150 valence electrons. The van der Waals surface area contributed by atoms with E-state index in [9.17, 15) is 9.59 Å². The Balaban J connectivity index is 2.04. The van der Waals surface area contributed by atoms with E-state index in [4.69, 9.17) is 23.4 Å². The van der Waals surface area contributed by atoms with Crippen molar-refractivity contribution in [2.45, 2.75) is 19.3 Å². The molecule has 1 atom stereocenters. The van der Waals surface area contributed by atoms with Crippen LogP contribution in [0.4, 0.5) is 0 Å². The SMILES string of the molecule is COc1cc(OC)c([C@@H]2CC(=O)Oc3ccc4c(C)cc(=O)oc4c32)cc1OC. The third kappa shape index (κ3) is 3.08. The van der Waals surface area contributed by atoms with Crippen LogP contribution in [0.1, 0.15) is 29.0 Å². The van der Waals surface area contributed by atoms with E-state index in [0.717, 1.165) is 10.9 Å². The van der Waals surface area contributed by atoms with Crippen LogP contribution >= 0.6 is 0 Å². The molecule has 29 heavy (non-hydrogen) atoms. The van der Waals surface area contributed by atoms with Gasteiger partial charge in [0.25, 0.3) is 0 Å². The first-order valence-electron chi connectivity index (χ1n) is 9.04. The second-order valence-corrected chi connectivity index (χ2v) is 6.78. The Morgan fingerprint density at radius 1 is 0.931 bits per heavy atom. The molecule has 0 unspecified atom stereocenters. The first-order chi connectivity index (χ1) is 14.0. The third-order valence-electron chi connectivity index (χ3n) is 5.17. The number of rotatable bonds is 4. The minimum absolute atomic E-state index is 0.0651. The molecule has 0 amide bonds. The minimum Gasteiger partial charge on any atom is -0.496 e. The number of aryl methyl sites for hydroxylation is 1. The average molecular weight is 396 g/mol. The Morgan fingerprint density at radius 3 is 2.31 bits per heavy atom. The van der Waals surface area contributed by atoms with Crippen LogP contribution in [0.15, 0.2) is 39.5 Å². The van der Waals surface area contributed by atoms with Crippen LogP contribution in [-0.4, -0.2) is 27.3 Å². The summed E-state index contributed by atoms with van der Waals surface area (Å²) in [7, 11) is 4.62. The lowest BCUT2D eigenvalue weighted by atomic mass is 9.84. The van der Waals surface area contributed by atoms with Gasteiger partial charge in [-0.3, -0.25) is 4.79 Å². The molecule has 2 heterocycles. The largest absolute Gasteiger partial charge is 0.496 e. The van der Waals surface area contributed by atoms with Gasteiger partial charge in [0.2, 0.25) is 0 Å². The molecule has 0 spiro atoms. The summed E-state index contributed by atoms with van der Waals surface area (Å²) in [6.45, 7) is 1.84. The zero-order valence-corrected chi connectivity index (χ0v) is 16.5. The summed E-state index contributed by atoms with van der Waals surface area (Å²) < 4.78 is 27.4. The lowest BCUT2D eigenvalue weighted by Crippen LogP contribution is -2.22. The molecule has 0 aliphatic carbocycles. The van der Waals surface area contributed by atoms with Crippen LogP contribution in [0.5, 0.6) is 23.0 Å². The van der Waals surface area contributed by atoms with Gasteiger partial charge in [-0.2, -0.15) is 0 Å². The topological polar surface area (TPSA) is 84.2 Å². The van der Waals surface area contributed by atoms with Crippen molar-refractivity contribution >= 4 is 16.9 Å². The van der Waals surface area contributed by atoms with Gasteiger partial charge in [-0.05, 0) is 30.7 Å². The number of carbonyl (C=O) groups is 1. The van der Waals surface area contributed by atoms with Crippen LogP contribution in [0.3, 0.4) is 0 Å². The number of carbonyl (C=O) groups excluding carboxylic acids is 1. The lowest BCUT2D eigenvalue weighted by Gasteiger charge is -2.27. The number of ether oxygens (including phenoxy) is 4. The molecule has 1 aliphatic rings. The van der Waals surface area contributed by atoms with Crippen molar-refractivity contribution in [3.8, 4) is 23.0 Å². The zero-order valence-electron chi connectivity index (χ0n) is 16.5. The predicted molar refractivity (Wildman–Crippen MR) is 105 cm³/mol. The molecule has 4 rings (SSSR count). The van der Waals surface area contributed by atoms with Gasteiger partial charge >= 0.3 is 11.6 Å². The monoisotopic (exact) mass is 396 g/mol. The molecule has 0 fully saturated rings. The van der Waals surface area contributed by atoms with E-state index < -0.39 is 11.5 Å². The van der Waals surface area contributed by atoms with Crippen molar-refractivity contribution in [2.75, 3.05) is 21.3 Å².